The number of pyridine rings is 1. The number of aromatic nitrogens is 1. The third kappa shape index (κ3) is 2.67. The molecule has 1 aliphatic carbocycles. The minimum absolute atomic E-state index is 0.280. The molecule has 0 unspecified atom stereocenters. The zero-order chi connectivity index (χ0) is 13.1. The van der Waals surface area contributed by atoms with Crippen molar-refractivity contribution in [3.63, 3.8) is 0 Å². The van der Waals surface area contributed by atoms with E-state index in [2.05, 4.69) is 10.3 Å². The first-order valence-corrected chi connectivity index (χ1v) is 6.05. The van der Waals surface area contributed by atoms with Gasteiger partial charge in [-0.15, -0.1) is 0 Å². The van der Waals surface area contributed by atoms with E-state index in [1.165, 1.54) is 0 Å². The first-order valence-electron chi connectivity index (χ1n) is 6.05. The van der Waals surface area contributed by atoms with Gasteiger partial charge in [0.15, 0.2) is 0 Å². The fourth-order valence-corrected chi connectivity index (χ4v) is 2.34. The lowest BCUT2D eigenvalue weighted by molar-refractivity contribution is -0.142. The van der Waals surface area contributed by atoms with Crippen LogP contribution in [0.5, 0.6) is 0 Å². The number of nitrogens with one attached hydrogen (secondary N) is 1. The second-order valence-electron chi connectivity index (χ2n) is 4.62. The van der Waals surface area contributed by atoms with Gasteiger partial charge in [-0.3, -0.25) is 9.59 Å². The average molecular weight is 248 g/mol. The van der Waals surface area contributed by atoms with Crippen molar-refractivity contribution in [3.8, 4) is 0 Å². The lowest BCUT2D eigenvalue weighted by Crippen LogP contribution is -2.40. The van der Waals surface area contributed by atoms with Crippen molar-refractivity contribution in [1.82, 2.24) is 10.3 Å². The SMILES string of the molecule is Cc1cccc(C(=O)N[C@@H]2CCC[C@@H]2C(=O)O)n1. The highest BCUT2D eigenvalue weighted by atomic mass is 16.4. The minimum atomic E-state index is -0.838. The number of nitrogens with zero attached hydrogens (tertiary/aromatic N) is 1. The van der Waals surface area contributed by atoms with E-state index in [1.807, 2.05) is 13.0 Å². The number of hydrogen-bond acceptors (Lipinski definition) is 3. The van der Waals surface area contributed by atoms with Crippen molar-refractivity contribution in [2.45, 2.75) is 32.2 Å². The summed E-state index contributed by atoms with van der Waals surface area (Å²) in [5.74, 6) is -1.61. The molecule has 2 N–H and O–H groups in total. The standard InChI is InChI=1S/C13H16N2O3/c1-8-4-2-7-11(14-8)12(16)15-10-6-3-5-9(10)13(17)18/h2,4,7,9-10H,3,5-6H2,1H3,(H,15,16)(H,17,18)/t9-,10+/m0/s1. The average Bonchev–Trinajstić information content (AvgIpc) is 2.77. The van der Waals surface area contributed by atoms with Gasteiger partial charge in [0, 0.05) is 11.7 Å². The first-order chi connectivity index (χ1) is 8.58. The van der Waals surface area contributed by atoms with Gasteiger partial charge in [-0.05, 0) is 31.9 Å². The maximum atomic E-state index is 12.0. The van der Waals surface area contributed by atoms with E-state index >= 15 is 0 Å². The number of carboxylic acids is 1. The third-order valence-corrected chi connectivity index (χ3v) is 3.27. The van der Waals surface area contributed by atoms with Gasteiger partial charge >= 0.3 is 5.97 Å². The van der Waals surface area contributed by atoms with Crippen LogP contribution in [0.1, 0.15) is 35.4 Å². The number of carboxylic acid groups (broad SMARTS) is 1. The second kappa shape index (κ2) is 5.16. The maximum absolute atomic E-state index is 12.0. The predicted octanol–water partition coefficient (Wildman–Crippen LogP) is 1.37. The van der Waals surface area contributed by atoms with Crippen LogP contribution in [-0.2, 0) is 4.79 Å². The van der Waals surface area contributed by atoms with Crippen LogP contribution in [0.2, 0.25) is 0 Å². The van der Waals surface area contributed by atoms with Crippen LogP contribution in [0.3, 0.4) is 0 Å². The summed E-state index contributed by atoms with van der Waals surface area (Å²) in [5.41, 5.74) is 1.11. The summed E-state index contributed by atoms with van der Waals surface area (Å²) in [6.45, 7) is 1.81. The molecule has 0 aliphatic heterocycles. The van der Waals surface area contributed by atoms with Crippen molar-refractivity contribution in [2.24, 2.45) is 5.92 Å². The van der Waals surface area contributed by atoms with Gasteiger partial charge < -0.3 is 10.4 Å². The Balaban J connectivity index is 2.05. The Hall–Kier alpha value is -1.91. The summed E-state index contributed by atoms with van der Waals surface area (Å²) in [4.78, 5) is 27.1. The summed E-state index contributed by atoms with van der Waals surface area (Å²) >= 11 is 0. The predicted molar refractivity (Wildman–Crippen MR) is 65.2 cm³/mol. The maximum Gasteiger partial charge on any atom is 0.308 e. The Bertz CT molecular complexity index is 473. The lowest BCUT2D eigenvalue weighted by atomic mass is 10.0. The molecule has 96 valence electrons. The topological polar surface area (TPSA) is 79.3 Å². The number of amides is 1. The van der Waals surface area contributed by atoms with Gasteiger partial charge in [0.25, 0.3) is 5.91 Å². The normalized spacial score (nSPS) is 22.7. The molecule has 2 atom stereocenters. The zero-order valence-corrected chi connectivity index (χ0v) is 10.2. The van der Waals surface area contributed by atoms with Crippen molar-refractivity contribution < 1.29 is 14.7 Å². The Kier molecular flexibility index (Phi) is 3.60. The van der Waals surface area contributed by atoms with Crippen molar-refractivity contribution in [3.05, 3.63) is 29.6 Å². The van der Waals surface area contributed by atoms with Gasteiger partial charge in [-0.1, -0.05) is 12.5 Å². The highest BCUT2D eigenvalue weighted by Gasteiger charge is 2.34. The van der Waals surface area contributed by atoms with E-state index in [4.69, 9.17) is 5.11 Å². The summed E-state index contributed by atoms with van der Waals surface area (Å²) in [6, 6.07) is 4.93. The van der Waals surface area contributed by atoms with E-state index < -0.39 is 11.9 Å². The molecule has 2 rings (SSSR count). The molecule has 0 saturated heterocycles. The summed E-state index contributed by atoms with van der Waals surface area (Å²) in [5, 5.41) is 11.8. The van der Waals surface area contributed by atoms with Gasteiger partial charge in [0.05, 0.1) is 5.92 Å². The number of hydrogen-bond donors (Lipinski definition) is 2. The Morgan fingerprint density at radius 3 is 2.83 bits per heavy atom. The van der Waals surface area contributed by atoms with Crippen molar-refractivity contribution in [1.29, 1.82) is 0 Å². The molecule has 0 aromatic carbocycles. The van der Waals surface area contributed by atoms with Crippen molar-refractivity contribution >= 4 is 11.9 Å². The van der Waals surface area contributed by atoms with Gasteiger partial charge in [0.2, 0.25) is 0 Å². The number of aryl methyl sites for hydroxylation is 1. The monoisotopic (exact) mass is 248 g/mol. The van der Waals surface area contributed by atoms with Crippen LogP contribution in [-0.4, -0.2) is 28.0 Å². The summed E-state index contributed by atoms with van der Waals surface area (Å²) in [7, 11) is 0. The fraction of sp³-hybridized carbons (Fsp3) is 0.462. The number of aliphatic carboxylic acids is 1. The van der Waals surface area contributed by atoms with E-state index in [-0.39, 0.29) is 11.9 Å². The molecule has 1 saturated carbocycles. The molecule has 1 aromatic rings. The molecule has 0 bridgehead atoms. The smallest absolute Gasteiger partial charge is 0.308 e. The highest BCUT2D eigenvalue weighted by Crippen LogP contribution is 2.26. The van der Waals surface area contributed by atoms with E-state index in [0.717, 1.165) is 12.1 Å². The molecule has 0 radical (unpaired) electrons. The Morgan fingerprint density at radius 2 is 2.17 bits per heavy atom. The van der Waals surface area contributed by atoms with Crippen molar-refractivity contribution in [2.75, 3.05) is 0 Å². The molecule has 1 heterocycles. The van der Waals surface area contributed by atoms with Crippen LogP contribution in [0.4, 0.5) is 0 Å². The molecule has 1 fully saturated rings. The van der Waals surface area contributed by atoms with Crippen LogP contribution in [0.25, 0.3) is 0 Å². The molecular formula is C13H16N2O3. The quantitative estimate of drug-likeness (QED) is 0.846. The lowest BCUT2D eigenvalue weighted by Gasteiger charge is -2.17. The van der Waals surface area contributed by atoms with Crippen LogP contribution < -0.4 is 5.32 Å². The molecule has 0 spiro atoms. The Labute approximate surface area is 105 Å². The number of rotatable bonds is 3. The number of carbonyl (C=O) groups is 2. The number of carbonyl (C=O) groups excluding carboxylic acids is 1. The van der Waals surface area contributed by atoms with Crippen LogP contribution >= 0.6 is 0 Å². The second-order valence-corrected chi connectivity index (χ2v) is 4.62. The van der Waals surface area contributed by atoms with Gasteiger partial charge in [0.1, 0.15) is 5.69 Å². The summed E-state index contributed by atoms with van der Waals surface area (Å²) < 4.78 is 0. The van der Waals surface area contributed by atoms with E-state index in [1.54, 1.807) is 12.1 Å². The van der Waals surface area contributed by atoms with Crippen LogP contribution in [0.15, 0.2) is 18.2 Å². The van der Waals surface area contributed by atoms with Gasteiger partial charge in [-0.2, -0.15) is 0 Å². The highest BCUT2D eigenvalue weighted by molar-refractivity contribution is 5.92. The largest absolute Gasteiger partial charge is 0.481 e. The Morgan fingerprint density at radius 1 is 1.39 bits per heavy atom. The molecule has 5 heteroatoms. The fourth-order valence-electron chi connectivity index (χ4n) is 2.34. The third-order valence-electron chi connectivity index (χ3n) is 3.27. The molecule has 18 heavy (non-hydrogen) atoms. The molecule has 1 amide bonds. The molecule has 1 aliphatic rings. The first kappa shape index (κ1) is 12.5. The van der Waals surface area contributed by atoms with E-state index in [0.29, 0.717) is 18.5 Å². The van der Waals surface area contributed by atoms with Gasteiger partial charge in [-0.25, -0.2) is 4.98 Å². The minimum Gasteiger partial charge on any atom is -0.481 e. The molecule has 1 aromatic heterocycles. The van der Waals surface area contributed by atoms with Crippen LogP contribution in [0, 0.1) is 12.8 Å². The molecule has 5 nitrogen and oxygen atoms in total. The summed E-state index contributed by atoms with van der Waals surface area (Å²) in [6.07, 6.45) is 2.18. The van der Waals surface area contributed by atoms with E-state index in [9.17, 15) is 9.59 Å². The zero-order valence-electron chi connectivity index (χ0n) is 10.2. The molecular weight excluding hydrogens is 232 g/mol.